The van der Waals surface area contributed by atoms with Gasteiger partial charge in [-0.2, -0.15) is 0 Å². The Morgan fingerprint density at radius 3 is 2.37 bits per heavy atom. The fourth-order valence-corrected chi connectivity index (χ4v) is 7.77. The van der Waals surface area contributed by atoms with Crippen molar-refractivity contribution >= 4 is 0 Å². The molecule has 0 aromatic rings. The van der Waals surface area contributed by atoms with E-state index in [1.165, 1.54) is 57.8 Å². The van der Waals surface area contributed by atoms with Crippen LogP contribution in [0.2, 0.25) is 0 Å². The van der Waals surface area contributed by atoms with Crippen LogP contribution in [0.25, 0.3) is 0 Å². The maximum atomic E-state index is 8.91. The van der Waals surface area contributed by atoms with Gasteiger partial charge in [0, 0.05) is 13.2 Å². The molecule has 27 heavy (non-hydrogen) atoms. The van der Waals surface area contributed by atoms with E-state index < -0.39 is 0 Å². The molecule has 2 nitrogen and oxygen atoms in total. The van der Waals surface area contributed by atoms with Crippen molar-refractivity contribution in [1.82, 2.24) is 0 Å². The largest absolute Gasteiger partial charge is 0.396 e. The molecular formula is C25H46O2. The van der Waals surface area contributed by atoms with Crippen LogP contribution in [-0.4, -0.2) is 24.4 Å². The minimum absolute atomic E-state index is 0.335. The third-order valence-electron chi connectivity index (χ3n) is 9.60. The van der Waals surface area contributed by atoms with Gasteiger partial charge in [0.2, 0.25) is 0 Å². The predicted molar refractivity (Wildman–Crippen MR) is 114 cm³/mol. The van der Waals surface area contributed by atoms with Gasteiger partial charge in [-0.1, -0.05) is 53.4 Å². The first-order valence-corrected chi connectivity index (χ1v) is 12.2. The smallest absolute Gasteiger partial charge is 0.0631 e. The van der Waals surface area contributed by atoms with E-state index in [1.807, 2.05) is 0 Å². The molecule has 0 bridgehead atoms. The predicted octanol–water partition coefficient (Wildman–Crippen LogP) is 6.60. The average Bonchev–Trinajstić information content (AvgIpc) is 3.01. The lowest BCUT2D eigenvalue weighted by Gasteiger charge is -2.59. The number of rotatable bonds is 9. The highest BCUT2D eigenvalue weighted by molar-refractivity contribution is 5.08. The van der Waals surface area contributed by atoms with Gasteiger partial charge in [-0.3, -0.25) is 0 Å². The van der Waals surface area contributed by atoms with E-state index in [-0.39, 0.29) is 0 Å². The van der Waals surface area contributed by atoms with Crippen molar-refractivity contribution in [1.29, 1.82) is 0 Å². The van der Waals surface area contributed by atoms with Crippen molar-refractivity contribution < 1.29 is 9.84 Å². The summed E-state index contributed by atoms with van der Waals surface area (Å²) >= 11 is 0. The molecule has 0 amide bonds. The Bertz CT molecular complexity index is 463. The molecule has 0 aromatic carbocycles. The molecule has 3 rings (SSSR count). The minimum Gasteiger partial charge on any atom is -0.396 e. The number of hydrogen-bond acceptors (Lipinski definition) is 2. The van der Waals surface area contributed by atoms with Crippen LogP contribution < -0.4 is 0 Å². The van der Waals surface area contributed by atoms with Crippen molar-refractivity contribution in [3.8, 4) is 0 Å². The van der Waals surface area contributed by atoms with E-state index in [0.717, 1.165) is 49.5 Å². The fraction of sp³-hybridized carbons (Fsp3) is 1.00. The molecular weight excluding hydrogens is 332 g/mol. The van der Waals surface area contributed by atoms with Gasteiger partial charge < -0.3 is 9.84 Å². The second-order valence-electron chi connectivity index (χ2n) is 10.5. The molecule has 1 N–H and O–H groups in total. The number of ether oxygens (including phenoxy) is 1. The molecule has 3 aliphatic carbocycles. The Morgan fingerprint density at radius 2 is 1.67 bits per heavy atom. The Balaban J connectivity index is 1.60. The molecule has 0 radical (unpaired) electrons. The standard InChI is InChI=1S/C25H46O2/c1-5-19-11-12-20-21-13-14-23(27-18-10-8-7-9-17-26)25(21,4)16-15-22(20)24(19,3)6-2/h19-23,26H,5-18H2,1-4H3. The zero-order valence-electron chi connectivity index (χ0n) is 18.6. The van der Waals surface area contributed by atoms with Gasteiger partial charge in [-0.15, -0.1) is 0 Å². The fourth-order valence-electron chi connectivity index (χ4n) is 7.77. The zero-order valence-corrected chi connectivity index (χ0v) is 18.6. The molecule has 0 aromatic heterocycles. The highest BCUT2D eigenvalue weighted by atomic mass is 16.5. The minimum atomic E-state index is 0.335. The van der Waals surface area contributed by atoms with Crippen LogP contribution in [0.5, 0.6) is 0 Å². The molecule has 0 saturated heterocycles. The van der Waals surface area contributed by atoms with Crippen molar-refractivity contribution in [2.45, 2.75) is 111 Å². The molecule has 0 heterocycles. The summed E-state index contributed by atoms with van der Waals surface area (Å²) in [4.78, 5) is 0. The molecule has 7 unspecified atom stereocenters. The van der Waals surface area contributed by atoms with Crippen LogP contribution in [0.4, 0.5) is 0 Å². The van der Waals surface area contributed by atoms with E-state index >= 15 is 0 Å². The summed E-state index contributed by atoms with van der Waals surface area (Å²) in [6.07, 6.45) is 16.2. The first-order valence-electron chi connectivity index (χ1n) is 12.2. The Hall–Kier alpha value is -0.0800. The van der Waals surface area contributed by atoms with Crippen LogP contribution >= 0.6 is 0 Å². The Kier molecular flexibility index (Phi) is 7.34. The summed E-state index contributed by atoms with van der Waals surface area (Å²) in [5, 5.41) is 8.91. The summed E-state index contributed by atoms with van der Waals surface area (Å²) in [5.74, 6) is 3.76. The summed E-state index contributed by atoms with van der Waals surface area (Å²) in [6, 6.07) is 0. The van der Waals surface area contributed by atoms with Gasteiger partial charge in [0.25, 0.3) is 0 Å². The topological polar surface area (TPSA) is 29.5 Å². The van der Waals surface area contributed by atoms with E-state index in [1.54, 1.807) is 0 Å². The SMILES string of the molecule is CCC1CCC2C(CCC3(C)C(OCCCCCCO)CCC23)C1(C)CC. The van der Waals surface area contributed by atoms with Crippen LogP contribution in [0, 0.1) is 34.5 Å². The quantitative estimate of drug-likeness (QED) is 0.458. The summed E-state index contributed by atoms with van der Waals surface area (Å²) in [6.45, 7) is 11.4. The van der Waals surface area contributed by atoms with E-state index in [4.69, 9.17) is 9.84 Å². The van der Waals surface area contributed by atoms with Crippen LogP contribution in [0.3, 0.4) is 0 Å². The van der Waals surface area contributed by atoms with Crippen molar-refractivity contribution in [3.05, 3.63) is 0 Å². The molecule has 158 valence electrons. The number of aliphatic hydroxyl groups is 1. The van der Waals surface area contributed by atoms with Gasteiger partial charge >= 0.3 is 0 Å². The molecule has 2 heteroatoms. The Labute approximate surface area is 168 Å². The van der Waals surface area contributed by atoms with Crippen LogP contribution in [0.1, 0.15) is 105 Å². The van der Waals surface area contributed by atoms with Gasteiger partial charge in [0.15, 0.2) is 0 Å². The summed E-state index contributed by atoms with van der Waals surface area (Å²) < 4.78 is 6.49. The third kappa shape index (κ3) is 4.00. The lowest BCUT2D eigenvalue weighted by atomic mass is 9.47. The first-order chi connectivity index (χ1) is 13.0. The summed E-state index contributed by atoms with van der Waals surface area (Å²) in [7, 11) is 0. The molecule has 3 fully saturated rings. The normalized spacial score (nSPS) is 44.1. The average molecular weight is 379 g/mol. The molecule has 3 saturated carbocycles. The molecule has 0 spiro atoms. The number of hydrogen-bond donors (Lipinski definition) is 1. The van der Waals surface area contributed by atoms with Crippen LogP contribution in [0.15, 0.2) is 0 Å². The van der Waals surface area contributed by atoms with Gasteiger partial charge in [-0.25, -0.2) is 0 Å². The second-order valence-corrected chi connectivity index (χ2v) is 10.5. The summed E-state index contributed by atoms with van der Waals surface area (Å²) in [5.41, 5.74) is 1.00. The molecule has 7 atom stereocenters. The monoisotopic (exact) mass is 378 g/mol. The molecule has 3 aliphatic rings. The lowest BCUT2D eigenvalue weighted by molar-refractivity contribution is -0.122. The maximum Gasteiger partial charge on any atom is 0.0631 e. The number of unbranched alkanes of at least 4 members (excludes halogenated alkanes) is 3. The number of fused-ring (bicyclic) bond motifs is 3. The lowest BCUT2D eigenvalue weighted by Crippen LogP contribution is -2.52. The third-order valence-corrected chi connectivity index (χ3v) is 9.60. The van der Waals surface area contributed by atoms with Gasteiger partial charge in [0.05, 0.1) is 6.10 Å². The van der Waals surface area contributed by atoms with Gasteiger partial charge in [0.1, 0.15) is 0 Å². The molecule has 0 aliphatic heterocycles. The van der Waals surface area contributed by atoms with E-state index in [9.17, 15) is 0 Å². The first kappa shape index (κ1) is 21.6. The second kappa shape index (κ2) is 9.16. The highest BCUT2D eigenvalue weighted by Crippen LogP contribution is 2.65. The van der Waals surface area contributed by atoms with Crippen molar-refractivity contribution in [2.24, 2.45) is 34.5 Å². The maximum absolute atomic E-state index is 8.91. The van der Waals surface area contributed by atoms with Crippen LogP contribution in [-0.2, 0) is 4.74 Å². The van der Waals surface area contributed by atoms with Crippen molar-refractivity contribution in [2.75, 3.05) is 13.2 Å². The van der Waals surface area contributed by atoms with E-state index in [0.29, 0.717) is 23.5 Å². The van der Waals surface area contributed by atoms with E-state index in [2.05, 4.69) is 27.7 Å². The van der Waals surface area contributed by atoms with Gasteiger partial charge in [-0.05, 0) is 85.9 Å². The Morgan fingerprint density at radius 1 is 0.889 bits per heavy atom. The van der Waals surface area contributed by atoms with Crippen molar-refractivity contribution in [3.63, 3.8) is 0 Å². The number of aliphatic hydroxyl groups excluding tert-OH is 1. The zero-order chi connectivity index (χ0) is 19.5. The highest BCUT2D eigenvalue weighted by Gasteiger charge is 2.59.